The summed E-state index contributed by atoms with van der Waals surface area (Å²) in [5, 5.41) is 13.5. The van der Waals surface area contributed by atoms with E-state index in [1.54, 1.807) is 27.7 Å². The number of nitrogens with zero attached hydrogens (tertiary/aromatic N) is 1. The van der Waals surface area contributed by atoms with Gasteiger partial charge in [0.05, 0.1) is 19.7 Å². The molecule has 3 rings (SSSR count). The maximum atomic E-state index is 13.2. The minimum absolute atomic E-state index is 0.0410. The van der Waals surface area contributed by atoms with Crippen molar-refractivity contribution in [2.75, 3.05) is 39.4 Å². The molecule has 210 valence electrons. The van der Waals surface area contributed by atoms with Crippen LogP contribution in [0.15, 0.2) is 12.7 Å². The van der Waals surface area contributed by atoms with Crippen molar-refractivity contribution in [1.82, 2.24) is 10.2 Å². The number of benzene rings is 1. The van der Waals surface area contributed by atoms with Gasteiger partial charge in [0, 0.05) is 22.4 Å². The van der Waals surface area contributed by atoms with Gasteiger partial charge in [-0.25, -0.2) is 14.4 Å². The van der Waals surface area contributed by atoms with E-state index >= 15 is 0 Å². The van der Waals surface area contributed by atoms with Crippen LogP contribution in [-0.4, -0.2) is 79.2 Å². The quantitative estimate of drug-likeness (QED) is 0.190. The van der Waals surface area contributed by atoms with E-state index in [0.717, 1.165) is 0 Å². The molecule has 3 atom stereocenters. The van der Waals surface area contributed by atoms with Crippen LogP contribution >= 0.6 is 12.6 Å². The maximum absolute atomic E-state index is 13.2. The molecule has 0 radical (unpaired) electrons. The molecule has 0 aliphatic carbocycles. The molecule has 2 aliphatic heterocycles. The number of fused-ring (bicyclic) bond motifs is 3. The second kappa shape index (κ2) is 12.0. The Morgan fingerprint density at radius 3 is 2.53 bits per heavy atom. The SMILES string of the molecule is C=CCOC(=O)N[C@@H](CS)C(=O)OC[C@H]1c2c3c(c(C)c(OC)c2C(O)CN1C(=O)OC(C)(C)C)OCO3. The van der Waals surface area contributed by atoms with Crippen molar-refractivity contribution >= 4 is 30.8 Å². The van der Waals surface area contributed by atoms with Crippen LogP contribution in [0.2, 0.25) is 0 Å². The number of carbonyl (C=O) groups is 3. The van der Waals surface area contributed by atoms with Gasteiger partial charge in [-0.1, -0.05) is 12.7 Å². The number of rotatable bonds is 8. The predicted octanol–water partition coefficient (Wildman–Crippen LogP) is 2.81. The lowest BCUT2D eigenvalue weighted by Crippen LogP contribution is -2.48. The number of thiol groups is 1. The number of alkyl carbamates (subject to hydrolysis) is 1. The predicted molar refractivity (Wildman–Crippen MR) is 138 cm³/mol. The summed E-state index contributed by atoms with van der Waals surface area (Å²) in [5.41, 5.74) is 0.560. The first-order valence-electron chi connectivity index (χ1n) is 11.9. The second-order valence-electron chi connectivity index (χ2n) is 9.61. The van der Waals surface area contributed by atoms with E-state index in [2.05, 4.69) is 24.5 Å². The van der Waals surface area contributed by atoms with Gasteiger partial charge in [-0.2, -0.15) is 12.6 Å². The maximum Gasteiger partial charge on any atom is 0.411 e. The van der Waals surface area contributed by atoms with Crippen molar-refractivity contribution in [3.8, 4) is 17.2 Å². The van der Waals surface area contributed by atoms with Gasteiger partial charge in [0.15, 0.2) is 11.5 Å². The number of β-amino-alcohol motifs (C(OH)–C–C–N with tert-alkyl or cyclic N) is 1. The molecule has 0 saturated carbocycles. The zero-order valence-corrected chi connectivity index (χ0v) is 23.0. The van der Waals surface area contributed by atoms with Crippen LogP contribution in [0.3, 0.4) is 0 Å². The average molecular weight is 555 g/mol. The van der Waals surface area contributed by atoms with Gasteiger partial charge >= 0.3 is 18.2 Å². The number of esters is 1. The number of hydrogen-bond acceptors (Lipinski definition) is 11. The van der Waals surface area contributed by atoms with Crippen molar-refractivity contribution < 1.29 is 47.9 Å². The first kappa shape index (κ1) is 29.2. The van der Waals surface area contributed by atoms with Crippen molar-refractivity contribution in [1.29, 1.82) is 0 Å². The van der Waals surface area contributed by atoms with Gasteiger partial charge in [-0.3, -0.25) is 4.90 Å². The summed E-state index contributed by atoms with van der Waals surface area (Å²) in [7, 11) is 1.46. The molecule has 1 aromatic carbocycles. The highest BCUT2D eigenvalue weighted by molar-refractivity contribution is 7.80. The zero-order valence-electron chi connectivity index (χ0n) is 22.1. The lowest BCUT2D eigenvalue weighted by Gasteiger charge is -2.40. The molecule has 1 aromatic rings. The Hall–Kier alpha value is -3.32. The molecule has 0 bridgehead atoms. The van der Waals surface area contributed by atoms with Crippen molar-refractivity contribution in [3.63, 3.8) is 0 Å². The van der Waals surface area contributed by atoms with Gasteiger partial charge in [-0.05, 0) is 27.7 Å². The fraction of sp³-hybridized carbons (Fsp3) is 0.560. The summed E-state index contributed by atoms with van der Waals surface area (Å²) < 4.78 is 33.0. The fourth-order valence-electron chi connectivity index (χ4n) is 4.25. The molecule has 1 unspecified atom stereocenters. The fourth-order valence-corrected chi connectivity index (χ4v) is 4.49. The molecule has 0 aromatic heterocycles. The van der Waals surface area contributed by atoms with E-state index in [0.29, 0.717) is 33.9 Å². The van der Waals surface area contributed by atoms with Crippen LogP contribution < -0.4 is 19.5 Å². The average Bonchev–Trinajstić information content (AvgIpc) is 3.34. The molecule has 2 N–H and O–H groups in total. The highest BCUT2D eigenvalue weighted by Crippen LogP contribution is 2.53. The summed E-state index contributed by atoms with van der Waals surface area (Å²) in [6, 6.07) is -2.07. The lowest BCUT2D eigenvalue weighted by molar-refractivity contribution is -0.147. The van der Waals surface area contributed by atoms with Crippen molar-refractivity contribution in [3.05, 3.63) is 29.3 Å². The number of aliphatic hydroxyl groups excluding tert-OH is 1. The highest BCUT2D eigenvalue weighted by atomic mass is 32.1. The second-order valence-corrected chi connectivity index (χ2v) is 9.98. The molecule has 38 heavy (non-hydrogen) atoms. The third-order valence-corrected chi connectivity index (χ3v) is 6.16. The lowest BCUT2D eigenvalue weighted by atomic mass is 9.87. The third kappa shape index (κ3) is 6.21. The monoisotopic (exact) mass is 554 g/mol. The Morgan fingerprint density at radius 2 is 1.92 bits per heavy atom. The van der Waals surface area contributed by atoms with E-state index in [9.17, 15) is 19.5 Å². The number of hydrogen-bond donors (Lipinski definition) is 3. The smallest absolute Gasteiger partial charge is 0.411 e. The van der Waals surface area contributed by atoms with E-state index in [1.165, 1.54) is 18.1 Å². The summed E-state index contributed by atoms with van der Waals surface area (Å²) in [6.45, 7) is 9.72. The van der Waals surface area contributed by atoms with Gasteiger partial charge in [0.1, 0.15) is 36.7 Å². The van der Waals surface area contributed by atoms with Crippen molar-refractivity contribution in [2.45, 2.75) is 51.5 Å². The van der Waals surface area contributed by atoms with Crippen LogP contribution in [0.4, 0.5) is 9.59 Å². The van der Waals surface area contributed by atoms with Crippen LogP contribution in [-0.2, 0) is 19.0 Å². The minimum atomic E-state index is -1.15. The zero-order chi connectivity index (χ0) is 28.2. The normalized spacial score (nSPS) is 18.7. The third-order valence-electron chi connectivity index (χ3n) is 5.79. The number of carbonyl (C=O) groups excluding carboxylic acids is 3. The number of ether oxygens (including phenoxy) is 6. The van der Waals surface area contributed by atoms with Crippen LogP contribution in [0.5, 0.6) is 17.2 Å². The summed E-state index contributed by atoms with van der Waals surface area (Å²) in [4.78, 5) is 39.3. The topological polar surface area (TPSA) is 142 Å². The number of aliphatic hydroxyl groups is 1. The van der Waals surface area contributed by atoms with E-state index in [4.69, 9.17) is 28.4 Å². The number of methoxy groups -OCH3 is 1. The first-order valence-corrected chi connectivity index (χ1v) is 12.6. The summed E-state index contributed by atoms with van der Waals surface area (Å²) in [6.07, 6.45) is -1.34. The van der Waals surface area contributed by atoms with Crippen LogP contribution in [0, 0.1) is 6.92 Å². The number of nitrogens with one attached hydrogen (secondary N) is 1. The van der Waals surface area contributed by atoms with Crippen LogP contribution in [0.1, 0.15) is 49.6 Å². The molecule has 2 amide bonds. The van der Waals surface area contributed by atoms with Gasteiger partial charge in [0.25, 0.3) is 0 Å². The Labute approximate surface area is 226 Å². The van der Waals surface area contributed by atoms with Gasteiger partial charge in [0.2, 0.25) is 6.79 Å². The molecule has 2 aliphatic rings. The Kier molecular flexibility index (Phi) is 9.26. The molecule has 2 heterocycles. The first-order chi connectivity index (χ1) is 17.9. The Morgan fingerprint density at radius 1 is 1.24 bits per heavy atom. The summed E-state index contributed by atoms with van der Waals surface area (Å²) >= 11 is 4.12. The molecular weight excluding hydrogens is 520 g/mol. The van der Waals surface area contributed by atoms with Crippen molar-refractivity contribution in [2.24, 2.45) is 0 Å². The number of amides is 2. The molecule has 0 saturated heterocycles. The Balaban J connectivity index is 1.98. The standard InChI is InChI=1S/C25H34N2O10S/c1-7-8-33-23(30)26-14(11-38)22(29)34-10-15-17-18(16(28)9-27(15)24(31)37-25(3,4)5)19(32-6)13(2)20-21(17)36-12-35-20/h7,14-16,28,38H,1,8-12H2,2-6H3,(H,26,30)/t14-,15-,16?/m0/s1. The van der Waals surface area contributed by atoms with Gasteiger partial charge in [-0.15, -0.1) is 0 Å². The molecule has 0 fully saturated rings. The largest absolute Gasteiger partial charge is 0.496 e. The van der Waals surface area contributed by atoms with E-state index < -0.39 is 41.9 Å². The van der Waals surface area contributed by atoms with E-state index in [1.807, 2.05) is 0 Å². The molecular formula is C25H34N2O10S. The van der Waals surface area contributed by atoms with Crippen LogP contribution in [0.25, 0.3) is 0 Å². The highest BCUT2D eigenvalue weighted by Gasteiger charge is 2.45. The Bertz CT molecular complexity index is 1090. The molecule has 13 heteroatoms. The summed E-state index contributed by atoms with van der Waals surface area (Å²) in [5.74, 6) is 0.201. The minimum Gasteiger partial charge on any atom is -0.496 e. The molecule has 12 nitrogen and oxygen atoms in total. The van der Waals surface area contributed by atoms with E-state index in [-0.39, 0.29) is 32.3 Å². The van der Waals surface area contributed by atoms with Gasteiger partial charge < -0.3 is 38.8 Å². The molecule has 0 spiro atoms.